The molecule has 0 fully saturated rings. The molecular weight excluding hydrogens is 249 g/mol. The minimum Gasteiger partial charge on any atom is -0.461 e. The van der Waals surface area contributed by atoms with E-state index in [4.69, 9.17) is 10.5 Å². The van der Waals surface area contributed by atoms with Crippen molar-refractivity contribution >= 4 is 11.8 Å². The maximum absolute atomic E-state index is 13.2. The van der Waals surface area contributed by atoms with Gasteiger partial charge in [0.1, 0.15) is 17.5 Å². The quantitative estimate of drug-likeness (QED) is 0.861. The van der Waals surface area contributed by atoms with Gasteiger partial charge in [-0.3, -0.25) is 4.57 Å². The van der Waals surface area contributed by atoms with Gasteiger partial charge in [0.05, 0.1) is 12.3 Å². The Bertz CT molecular complexity index is 622. The molecule has 100 valence electrons. The average molecular weight is 263 g/mol. The number of rotatable bonds is 3. The van der Waals surface area contributed by atoms with E-state index >= 15 is 0 Å². The summed E-state index contributed by atoms with van der Waals surface area (Å²) < 4.78 is 19.6. The van der Waals surface area contributed by atoms with Crippen molar-refractivity contribution in [2.75, 3.05) is 12.3 Å². The highest BCUT2D eigenvalue weighted by atomic mass is 19.1. The van der Waals surface area contributed by atoms with E-state index in [9.17, 15) is 9.18 Å². The SMILES string of the molecule is CCOC(=O)c1nc(C)n(-c2cccc(F)c2)c1N. The zero-order valence-electron chi connectivity index (χ0n) is 10.7. The van der Waals surface area contributed by atoms with Gasteiger partial charge in [-0.25, -0.2) is 14.2 Å². The summed E-state index contributed by atoms with van der Waals surface area (Å²) in [6, 6.07) is 5.90. The minimum absolute atomic E-state index is 0.0450. The Morgan fingerprint density at radius 1 is 1.53 bits per heavy atom. The molecule has 0 aliphatic carbocycles. The first-order valence-corrected chi connectivity index (χ1v) is 5.82. The van der Waals surface area contributed by atoms with Gasteiger partial charge in [0, 0.05) is 0 Å². The van der Waals surface area contributed by atoms with Crippen LogP contribution in [0.15, 0.2) is 24.3 Å². The van der Waals surface area contributed by atoms with Crippen LogP contribution in [0.1, 0.15) is 23.2 Å². The first kappa shape index (κ1) is 13.1. The number of imidazole rings is 1. The molecule has 0 aliphatic rings. The second kappa shape index (κ2) is 5.09. The number of halogens is 1. The molecule has 1 heterocycles. The van der Waals surface area contributed by atoms with Gasteiger partial charge in [-0.1, -0.05) is 6.07 Å². The first-order chi connectivity index (χ1) is 9.04. The predicted octanol–water partition coefficient (Wildman–Crippen LogP) is 2.08. The lowest BCUT2D eigenvalue weighted by molar-refractivity contribution is 0.0521. The third-order valence-corrected chi connectivity index (χ3v) is 2.62. The molecular formula is C13H14FN3O2. The molecule has 0 spiro atoms. The van der Waals surface area contributed by atoms with Crippen molar-refractivity contribution in [2.24, 2.45) is 0 Å². The van der Waals surface area contributed by atoms with E-state index in [1.807, 2.05) is 0 Å². The largest absolute Gasteiger partial charge is 0.461 e. The normalized spacial score (nSPS) is 10.5. The van der Waals surface area contributed by atoms with Gasteiger partial charge in [-0.15, -0.1) is 0 Å². The number of benzene rings is 1. The fraction of sp³-hybridized carbons (Fsp3) is 0.231. The number of ether oxygens (including phenoxy) is 1. The van der Waals surface area contributed by atoms with Crippen molar-refractivity contribution in [1.29, 1.82) is 0 Å². The maximum atomic E-state index is 13.2. The van der Waals surface area contributed by atoms with Crippen LogP contribution < -0.4 is 5.73 Å². The van der Waals surface area contributed by atoms with E-state index in [1.165, 1.54) is 16.7 Å². The molecule has 2 N–H and O–H groups in total. The van der Waals surface area contributed by atoms with Crippen LogP contribution in [0.3, 0.4) is 0 Å². The second-order valence-electron chi connectivity index (χ2n) is 3.93. The summed E-state index contributed by atoms with van der Waals surface area (Å²) in [5, 5.41) is 0. The van der Waals surface area contributed by atoms with Crippen molar-refractivity contribution < 1.29 is 13.9 Å². The topological polar surface area (TPSA) is 70.1 Å². The molecule has 2 aromatic rings. The van der Waals surface area contributed by atoms with Crippen LogP contribution in [0.25, 0.3) is 5.69 Å². The van der Waals surface area contributed by atoms with E-state index in [0.29, 0.717) is 11.5 Å². The third kappa shape index (κ3) is 2.42. The number of aryl methyl sites for hydroxylation is 1. The highest BCUT2D eigenvalue weighted by molar-refractivity contribution is 5.92. The Morgan fingerprint density at radius 3 is 2.89 bits per heavy atom. The number of carbonyl (C=O) groups is 1. The minimum atomic E-state index is -0.585. The molecule has 1 aromatic heterocycles. The Morgan fingerprint density at radius 2 is 2.26 bits per heavy atom. The van der Waals surface area contributed by atoms with Crippen LogP contribution in [-0.4, -0.2) is 22.1 Å². The summed E-state index contributed by atoms with van der Waals surface area (Å²) in [6.07, 6.45) is 0. The Kier molecular flexibility index (Phi) is 3.50. The molecule has 0 saturated heterocycles. The van der Waals surface area contributed by atoms with E-state index in [1.54, 1.807) is 26.0 Å². The zero-order valence-corrected chi connectivity index (χ0v) is 10.7. The summed E-state index contributed by atoms with van der Waals surface area (Å²) in [5.41, 5.74) is 6.45. The summed E-state index contributed by atoms with van der Waals surface area (Å²) >= 11 is 0. The number of anilines is 1. The smallest absolute Gasteiger partial charge is 0.360 e. The molecule has 0 atom stereocenters. The van der Waals surface area contributed by atoms with E-state index < -0.39 is 5.97 Å². The number of esters is 1. The molecule has 0 saturated carbocycles. The molecule has 19 heavy (non-hydrogen) atoms. The highest BCUT2D eigenvalue weighted by Crippen LogP contribution is 2.21. The predicted molar refractivity (Wildman–Crippen MR) is 68.6 cm³/mol. The molecule has 2 rings (SSSR count). The summed E-state index contributed by atoms with van der Waals surface area (Å²) in [6.45, 7) is 3.62. The van der Waals surface area contributed by atoms with Crippen LogP contribution in [0.5, 0.6) is 0 Å². The lowest BCUT2D eigenvalue weighted by atomic mass is 10.3. The average Bonchev–Trinajstić information content (AvgIpc) is 2.65. The summed E-state index contributed by atoms with van der Waals surface area (Å²) in [7, 11) is 0. The third-order valence-electron chi connectivity index (χ3n) is 2.62. The van der Waals surface area contributed by atoms with Gasteiger partial charge >= 0.3 is 5.97 Å². The zero-order chi connectivity index (χ0) is 14.0. The van der Waals surface area contributed by atoms with Crippen LogP contribution in [0, 0.1) is 12.7 Å². The van der Waals surface area contributed by atoms with Crippen LogP contribution in [0.4, 0.5) is 10.2 Å². The van der Waals surface area contributed by atoms with Crippen LogP contribution in [0.2, 0.25) is 0 Å². The number of aromatic nitrogens is 2. The van der Waals surface area contributed by atoms with E-state index in [2.05, 4.69) is 4.98 Å². The highest BCUT2D eigenvalue weighted by Gasteiger charge is 2.20. The Balaban J connectivity index is 2.51. The van der Waals surface area contributed by atoms with Gasteiger partial charge in [0.15, 0.2) is 5.69 Å². The molecule has 0 amide bonds. The van der Waals surface area contributed by atoms with Crippen molar-refractivity contribution in [3.05, 3.63) is 41.6 Å². The van der Waals surface area contributed by atoms with Gasteiger partial charge in [0.2, 0.25) is 0 Å². The molecule has 5 nitrogen and oxygen atoms in total. The van der Waals surface area contributed by atoms with Gasteiger partial charge < -0.3 is 10.5 Å². The fourth-order valence-corrected chi connectivity index (χ4v) is 1.84. The second-order valence-corrected chi connectivity index (χ2v) is 3.93. The van der Waals surface area contributed by atoms with Crippen molar-refractivity contribution in [3.8, 4) is 5.69 Å². The van der Waals surface area contributed by atoms with E-state index in [-0.39, 0.29) is 23.9 Å². The fourth-order valence-electron chi connectivity index (χ4n) is 1.84. The standard InChI is InChI=1S/C13H14FN3O2/c1-3-19-13(18)11-12(15)17(8(2)16-11)10-6-4-5-9(14)7-10/h4-7H,3,15H2,1-2H3. The van der Waals surface area contributed by atoms with Crippen molar-refractivity contribution in [2.45, 2.75) is 13.8 Å². The van der Waals surface area contributed by atoms with Crippen molar-refractivity contribution in [1.82, 2.24) is 9.55 Å². The Hall–Kier alpha value is -2.37. The number of carbonyl (C=O) groups excluding carboxylic acids is 1. The first-order valence-electron chi connectivity index (χ1n) is 5.82. The number of nitrogen functional groups attached to an aromatic ring is 1. The maximum Gasteiger partial charge on any atom is 0.360 e. The lowest BCUT2D eigenvalue weighted by Gasteiger charge is -2.07. The lowest BCUT2D eigenvalue weighted by Crippen LogP contribution is -2.09. The van der Waals surface area contributed by atoms with Gasteiger partial charge in [0.25, 0.3) is 0 Å². The number of hydrogen-bond donors (Lipinski definition) is 1. The molecule has 6 heteroatoms. The molecule has 0 unspecified atom stereocenters. The molecule has 0 radical (unpaired) electrons. The summed E-state index contributed by atoms with van der Waals surface area (Å²) in [5.74, 6) is -0.339. The summed E-state index contributed by atoms with van der Waals surface area (Å²) in [4.78, 5) is 15.8. The van der Waals surface area contributed by atoms with Crippen molar-refractivity contribution in [3.63, 3.8) is 0 Å². The number of nitrogens with zero attached hydrogens (tertiary/aromatic N) is 2. The number of hydrogen-bond acceptors (Lipinski definition) is 4. The molecule has 0 bridgehead atoms. The Labute approximate surface area is 109 Å². The van der Waals surface area contributed by atoms with Crippen LogP contribution >= 0.6 is 0 Å². The number of nitrogens with two attached hydrogens (primary N) is 1. The molecule has 0 aliphatic heterocycles. The monoisotopic (exact) mass is 263 g/mol. The van der Waals surface area contributed by atoms with Gasteiger partial charge in [-0.2, -0.15) is 0 Å². The van der Waals surface area contributed by atoms with Crippen LogP contribution in [-0.2, 0) is 4.74 Å². The molecule has 1 aromatic carbocycles. The van der Waals surface area contributed by atoms with Gasteiger partial charge in [-0.05, 0) is 32.0 Å². The van der Waals surface area contributed by atoms with E-state index in [0.717, 1.165) is 0 Å².